The van der Waals surface area contributed by atoms with E-state index in [4.69, 9.17) is 18.9 Å². The molecule has 7 heteroatoms. The van der Waals surface area contributed by atoms with E-state index in [2.05, 4.69) is 10.2 Å². The van der Waals surface area contributed by atoms with Crippen LogP contribution in [0.25, 0.3) is 11.5 Å². The molecule has 27 heavy (non-hydrogen) atoms. The summed E-state index contributed by atoms with van der Waals surface area (Å²) in [7, 11) is 3.27. The van der Waals surface area contributed by atoms with Gasteiger partial charge >= 0.3 is 0 Å². The molecule has 1 saturated heterocycles. The molecule has 1 unspecified atom stereocenters. The van der Waals surface area contributed by atoms with Crippen LogP contribution in [0.5, 0.6) is 11.5 Å². The lowest BCUT2D eigenvalue weighted by molar-refractivity contribution is -0.119. The number of carbonyl (C=O) groups excluding carboxylic acids is 1. The average molecular weight is 373 g/mol. The number of nitrogens with zero attached hydrogens (tertiary/aromatic N) is 2. The fourth-order valence-corrected chi connectivity index (χ4v) is 3.61. The first-order valence-electron chi connectivity index (χ1n) is 9.10. The summed E-state index contributed by atoms with van der Waals surface area (Å²) in [5.41, 5.74) is 2.62. The molecule has 1 aliphatic heterocycles. The molecular weight excluding hydrogens is 346 g/mol. The van der Waals surface area contributed by atoms with Gasteiger partial charge in [-0.2, -0.15) is 0 Å². The number of aromatic nitrogens is 1. The quantitative estimate of drug-likeness (QED) is 0.839. The van der Waals surface area contributed by atoms with E-state index in [9.17, 15) is 4.79 Å². The Bertz CT molecular complexity index is 831. The van der Waals surface area contributed by atoms with Crippen LogP contribution >= 0.6 is 0 Å². The molecule has 146 valence electrons. The summed E-state index contributed by atoms with van der Waals surface area (Å²) in [5, 5.41) is 2.98. The molecule has 1 amide bonds. The molecule has 1 N–H and O–H groups in total. The molecule has 1 fully saturated rings. The number of nitrogens with one attached hydrogen (secondary N) is 1. The maximum atomic E-state index is 11.2. The van der Waals surface area contributed by atoms with Crippen LogP contribution in [-0.2, 0) is 11.3 Å². The molecule has 1 aromatic carbocycles. The lowest BCUT2D eigenvalue weighted by Crippen LogP contribution is -2.35. The maximum Gasteiger partial charge on any atom is 0.230 e. The van der Waals surface area contributed by atoms with Gasteiger partial charge in [-0.3, -0.25) is 9.69 Å². The summed E-state index contributed by atoms with van der Waals surface area (Å²) >= 11 is 0. The first-order valence-corrected chi connectivity index (χ1v) is 9.10. The van der Waals surface area contributed by atoms with Crippen LogP contribution in [0.2, 0.25) is 0 Å². The number of hydrogen-bond donors (Lipinski definition) is 1. The van der Waals surface area contributed by atoms with E-state index in [0.717, 1.165) is 47.8 Å². The minimum Gasteiger partial charge on any atom is -0.496 e. The molecule has 0 spiro atoms. The van der Waals surface area contributed by atoms with Crippen molar-refractivity contribution in [3.8, 4) is 23.0 Å². The zero-order chi connectivity index (χ0) is 19.6. The van der Waals surface area contributed by atoms with E-state index >= 15 is 0 Å². The number of amides is 1. The number of methoxy groups -OCH3 is 2. The van der Waals surface area contributed by atoms with Gasteiger partial charge in [0.1, 0.15) is 17.3 Å². The second kappa shape index (κ2) is 8.00. The lowest BCUT2D eigenvalue weighted by atomic mass is 10.1. The third-order valence-corrected chi connectivity index (χ3v) is 4.96. The smallest absolute Gasteiger partial charge is 0.230 e. The fourth-order valence-electron chi connectivity index (χ4n) is 3.61. The Hall–Kier alpha value is -2.54. The van der Waals surface area contributed by atoms with Gasteiger partial charge in [0.2, 0.25) is 11.8 Å². The van der Waals surface area contributed by atoms with Crippen molar-refractivity contribution in [1.82, 2.24) is 15.2 Å². The first kappa shape index (κ1) is 19.2. The summed E-state index contributed by atoms with van der Waals surface area (Å²) in [6, 6.07) is 4.01. The predicted molar refractivity (Wildman–Crippen MR) is 102 cm³/mol. The van der Waals surface area contributed by atoms with E-state index in [1.54, 1.807) is 21.1 Å². The molecule has 7 nitrogen and oxygen atoms in total. The zero-order valence-electron chi connectivity index (χ0n) is 16.6. The summed E-state index contributed by atoms with van der Waals surface area (Å²) in [5.74, 6) is 2.82. The van der Waals surface area contributed by atoms with E-state index < -0.39 is 0 Å². The largest absolute Gasteiger partial charge is 0.496 e. The van der Waals surface area contributed by atoms with Gasteiger partial charge in [-0.05, 0) is 32.4 Å². The van der Waals surface area contributed by atoms with Crippen LogP contribution in [0.1, 0.15) is 30.4 Å². The van der Waals surface area contributed by atoms with Crippen molar-refractivity contribution in [2.24, 2.45) is 0 Å². The average Bonchev–Trinajstić information content (AvgIpc) is 3.21. The number of ether oxygens (including phenoxy) is 2. The molecule has 0 radical (unpaired) electrons. The molecule has 0 bridgehead atoms. The van der Waals surface area contributed by atoms with Gasteiger partial charge in [-0.25, -0.2) is 4.98 Å². The highest BCUT2D eigenvalue weighted by Gasteiger charge is 2.25. The maximum absolute atomic E-state index is 11.2. The second-order valence-corrected chi connectivity index (χ2v) is 6.92. The number of benzene rings is 1. The highest BCUT2D eigenvalue weighted by Crippen LogP contribution is 2.38. The Morgan fingerprint density at radius 3 is 2.78 bits per heavy atom. The van der Waals surface area contributed by atoms with E-state index in [1.165, 1.54) is 0 Å². The lowest BCUT2D eigenvalue weighted by Gasteiger charge is -2.15. The van der Waals surface area contributed by atoms with Crippen molar-refractivity contribution in [2.45, 2.75) is 39.8 Å². The summed E-state index contributed by atoms with van der Waals surface area (Å²) in [6.07, 6.45) is 0.953. The number of oxazole rings is 1. The number of rotatable bonds is 6. The zero-order valence-corrected chi connectivity index (χ0v) is 16.6. The monoisotopic (exact) mass is 373 g/mol. The molecule has 3 rings (SSSR count). The number of carbonyl (C=O) groups is 1. The van der Waals surface area contributed by atoms with Crippen LogP contribution in [0, 0.1) is 13.8 Å². The molecule has 1 aromatic heterocycles. The van der Waals surface area contributed by atoms with Crippen molar-refractivity contribution in [2.75, 3.05) is 27.3 Å². The van der Waals surface area contributed by atoms with Crippen molar-refractivity contribution in [1.29, 1.82) is 0 Å². The minimum absolute atomic E-state index is 0.0173. The molecule has 1 aliphatic rings. The van der Waals surface area contributed by atoms with Crippen LogP contribution in [0.4, 0.5) is 0 Å². The van der Waals surface area contributed by atoms with Crippen molar-refractivity contribution in [3.05, 3.63) is 29.2 Å². The topological polar surface area (TPSA) is 76.8 Å². The second-order valence-electron chi connectivity index (χ2n) is 6.92. The molecule has 1 atom stereocenters. The van der Waals surface area contributed by atoms with E-state index in [0.29, 0.717) is 18.2 Å². The Morgan fingerprint density at radius 1 is 1.33 bits per heavy atom. The van der Waals surface area contributed by atoms with Gasteiger partial charge in [-0.15, -0.1) is 0 Å². The van der Waals surface area contributed by atoms with Gasteiger partial charge in [0.25, 0.3) is 0 Å². The summed E-state index contributed by atoms with van der Waals surface area (Å²) < 4.78 is 16.9. The Kier molecular flexibility index (Phi) is 5.70. The molecule has 0 aliphatic carbocycles. The summed E-state index contributed by atoms with van der Waals surface area (Å²) in [4.78, 5) is 18.2. The van der Waals surface area contributed by atoms with Gasteiger partial charge in [0.15, 0.2) is 0 Å². The molecule has 2 aromatic rings. The minimum atomic E-state index is 0.0173. The van der Waals surface area contributed by atoms with Crippen LogP contribution in [0.3, 0.4) is 0 Å². The van der Waals surface area contributed by atoms with E-state index in [-0.39, 0.29) is 11.9 Å². The SMILES string of the molecule is COc1ccc(-c2nc(CN3CCC(NC(C)=O)C3)c(C)o2)c(OC)c1C. The van der Waals surface area contributed by atoms with Crippen molar-refractivity contribution < 1.29 is 18.7 Å². The predicted octanol–water partition coefficient (Wildman–Crippen LogP) is 2.69. The van der Waals surface area contributed by atoms with Crippen LogP contribution in [-0.4, -0.2) is 49.1 Å². The van der Waals surface area contributed by atoms with Gasteiger partial charge in [0.05, 0.1) is 25.5 Å². The normalized spacial score (nSPS) is 17.1. The van der Waals surface area contributed by atoms with E-state index in [1.807, 2.05) is 26.0 Å². The van der Waals surface area contributed by atoms with Crippen molar-refractivity contribution in [3.63, 3.8) is 0 Å². The molecule has 2 heterocycles. The van der Waals surface area contributed by atoms with Gasteiger partial charge in [0, 0.05) is 38.2 Å². The first-order chi connectivity index (χ1) is 12.9. The number of likely N-dealkylation sites (tertiary alicyclic amines) is 1. The van der Waals surface area contributed by atoms with Crippen LogP contribution in [0.15, 0.2) is 16.5 Å². The molecular formula is C20H27N3O4. The van der Waals surface area contributed by atoms with Gasteiger partial charge in [-0.1, -0.05) is 0 Å². The van der Waals surface area contributed by atoms with Gasteiger partial charge < -0.3 is 19.2 Å². The highest BCUT2D eigenvalue weighted by atomic mass is 16.5. The van der Waals surface area contributed by atoms with Crippen LogP contribution < -0.4 is 14.8 Å². The molecule has 0 saturated carbocycles. The third kappa shape index (κ3) is 4.08. The highest BCUT2D eigenvalue weighted by molar-refractivity contribution is 5.73. The third-order valence-electron chi connectivity index (χ3n) is 4.96. The number of aryl methyl sites for hydroxylation is 1. The van der Waals surface area contributed by atoms with Crippen molar-refractivity contribution >= 4 is 5.91 Å². The standard InChI is InChI=1S/C20H27N3O4/c1-12-18(25-4)7-6-16(19(12)26-5)20-22-17(13(2)27-20)11-23-9-8-15(10-23)21-14(3)24/h6-7,15H,8-11H2,1-5H3,(H,21,24). The fraction of sp³-hybridized carbons (Fsp3) is 0.500. The Labute approximate surface area is 159 Å². The Morgan fingerprint density at radius 2 is 2.11 bits per heavy atom. The summed E-state index contributed by atoms with van der Waals surface area (Å²) in [6.45, 7) is 7.88. The Balaban J connectivity index is 1.79. The number of hydrogen-bond acceptors (Lipinski definition) is 6.